The molecule has 0 saturated carbocycles. The summed E-state index contributed by atoms with van der Waals surface area (Å²) in [5.41, 5.74) is 2.73. The van der Waals surface area contributed by atoms with E-state index < -0.39 is 0 Å². The molecule has 152 valence electrons. The molecule has 0 saturated heterocycles. The highest BCUT2D eigenvalue weighted by Gasteiger charge is 2.09. The molecule has 0 spiro atoms. The van der Waals surface area contributed by atoms with Gasteiger partial charge in [-0.15, -0.1) is 0 Å². The first-order valence-electron chi connectivity index (χ1n) is 9.05. The van der Waals surface area contributed by atoms with E-state index in [1.54, 1.807) is 62.8 Å². The van der Waals surface area contributed by atoms with E-state index in [0.717, 1.165) is 11.1 Å². The monoisotopic (exact) mass is 423 g/mol. The molecule has 0 aliphatic rings. The second kappa shape index (κ2) is 9.82. The zero-order valence-corrected chi connectivity index (χ0v) is 17.2. The second-order valence-corrected chi connectivity index (χ2v) is 6.75. The smallest absolute Gasteiger partial charge is 0.161 e. The zero-order valence-electron chi connectivity index (χ0n) is 16.5. The van der Waals surface area contributed by atoms with Crippen LogP contribution in [0.2, 0.25) is 5.02 Å². The van der Waals surface area contributed by atoms with Crippen molar-refractivity contribution < 1.29 is 18.6 Å². The van der Waals surface area contributed by atoms with Crippen LogP contribution in [0.3, 0.4) is 0 Å². The van der Waals surface area contributed by atoms with Crippen LogP contribution in [0.5, 0.6) is 17.2 Å². The fraction of sp³-hybridized carbons (Fsp3) is 0.125. The number of ether oxygens (including phenoxy) is 3. The molecule has 0 heterocycles. The van der Waals surface area contributed by atoms with Gasteiger partial charge in [0.25, 0.3) is 0 Å². The van der Waals surface area contributed by atoms with Crippen molar-refractivity contribution in [3.8, 4) is 23.3 Å². The van der Waals surface area contributed by atoms with Gasteiger partial charge in [0.1, 0.15) is 18.2 Å². The van der Waals surface area contributed by atoms with E-state index in [1.807, 2.05) is 6.07 Å². The average Bonchev–Trinajstić information content (AvgIpc) is 2.77. The van der Waals surface area contributed by atoms with E-state index in [9.17, 15) is 9.65 Å². The molecule has 0 aliphatic heterocycles. The Labute approximate surface area is 179 Å². The minimum absolute atomic E-state index is 0.268. The van der Waals surface area contributed by atoms with Gasteiger partial charge in [-0.25, -0.2) is 4.39 Å². The molecule has 4 nitrogen and oxygen atoms in total. The van der Waals surface area contributed by atoms with E-state index in [4.69, 9.17) is 25.8 Å². The van der Waals surface area contributed by atoms with Crippen LogP contribution in [0.4, 0.5) is 4.39 Å². The lowest BCUT2D eigenvalue weighted by Gasteiger charge is -2.10. The Morgan fingerprint density at radius 1 is 0.967 bits per heavy atom. The molecular formula is C24H19ClFNO3. The molecule has 0 radical (unpaired) electrons. The van der Waals surface area contributed by atoms with Gasteiger partial charge in [0.2, 0.25) is 0 Å². The van der Waals surface area contributed by atoms with Gasteiger partial charge in [0.15, 0.2) is 11.5 Å². The van der Waals surface area contributed by atoms with Gasteiger partial charge >= 0.3 is 0 Å². The van der Waals surface area contributed by atoms with Crippen LogP contribution in [-0.4, -0.2) is 14.2 Å². The van der Waals surface area contributed by atoms with E-state index in [1.165, 1.54) is 12.1 Å². The van der Waals surface area contributed by atoms with Crippen LogP contribution in [0.25, 0.3) is 11.6 Å². The van der Waals surface area contributed by atoms with Crippen molar-refractivity contribution in [3.63, 3.8) is 0 Å². The Morgan fingerprint density at radius 3 is 2.30 bits per heavy atom. The molecule has 6 heteroatoms. The van der Waals surface area contributed by atoms with Gasteiger partial charge in [0.05, 0.1) is 30.9 Å². The molecule has 0 amide bonds. The van der Waals surface area contributed by atoms with Gasteiger partial charge < -0.3 is 14.2 Å². The largest absolute Gasteiger partial charge is 0.493 e. The summed E-state index contributed by atoms with van der Waals surface area (Å²) in [6.45, 7) is 0.268. The number of nitriles is 1. The first kappa shape index (κ1) is 21.2. The molecule has 0 N–H and O–H groups in total. The van der Waals surface area contributed by atoms with Crippen LogP contribution >= 0.6 is 11.6 Å². The number of hydrogen-bond acceptors (Lipinski definition) is 4. The van der Waals surface area contributed by atoms with Crippen LogP contribution in [0.15, 0.2) is 60.7 Å². The van der Waals surface area contributed by atoms with Crippen molar-refractivity contribution in [1.82, 2.24) is 0 Å². The lowest BCUT2D eigenvalue weighted by molar-refractivity contribution is 0.306. The van der Waals surface area contributed by atoms with Crippen molar-refractivity contribution in [3.05, 3.63) is 88.2 Å². The molecule has 3 aromatic rings. The standard InChI is InChI=1S/C24H19ClFNO3/c1-28-23-10-6-18(13-24(23)29-2)19(14-27)11-17-5-9-22(21(25)12-17)30-15-16-3-7-20(26)8-4-16/h3-13H,15H2,1-2H3/b19-11+. The normalized spacial score (nSPS) is 11.0. The predicted molar refractivity (Wildman–Crippen MR) is 115 cm³/mol. The van der Waals surface area contributed by atoms with Crippen molar-refractivity contribution in [2.24, 2.45) is 0 Å². The van der Waals surface area contributed by atoms with Gasteiger partial charge in [-0.05, 0) is 65.2 Å². The molecule has 30 heavy (non-hydrogen) atoms. The van der Waals surface area contributed by atoms with Crippen molar-refractivity contribution in [2.75, 3.05) is 14.2 Å². The van der Waals surface area contributed by atoms with Crippen molar-refractivity contribution >= 4 is 23.3 Å². The third-order valence-electron chi connectivity index (χ3n) is 4.39. The SMILES string of the molecule is COc1ccc(/C(C#N)=C/c2ccc(OCc3ccc(F)cc3)c(Cl)c2)cc1OC. The minimum atomic E-state index is -0.296. The van der Waals surface area contributed by atoms with Gasteiger partial charge in [-0.1, -0.05) is 29.8 Å². The number of rotatable bonds is 7. The third-order valence-corrected chi connectivity index (χ3v) is 4.68. The Balaban J connectivity index is 1.80. The first-order chi connectivity index (χ1) is 14.5. The summed E-state index contributed by atoms with van der Waals surface area (Å²) >= 11 is 6.35. The quantitative estimate of drug-likeness (QED) is 0.338. The Morgan fingerprint density at radius 2 is 1.67 bits per heavy atom. The summed E-state index contributed by atoms with van der Waals surface area (Å²) in [6, 6.07) is 18.8. The molecule has 0 atom stereocenters. The molecule has 0 aliphatic carbocycles. The maximum Gasteiger partial charge on any atom is 0.161 e. The lowest BCUT2D eigenvalue weighted by atomic mass is 10.0. The number of methoxy groups -OCH3 is 2. The summed E-state index contributed by atoms with van der Waals surface area (Å²) in [7, 11) is 3.10. The van der Waals surface area contributed by atoms with E-state index in [0.29, 0.717) is 33.4 Å². The van der Waals surface area contributed by atoms with Crippen LogP contribution < -0.4 is 14.2 Å². The lowest BCUT2D eigenvalue weighted by Crippen LogP contribution is -1.96. The highest BCUT2D eigenvalue weighted by molar-refractivity contribution is 6.32. The molecule has 0 bridgehead atoms. The van der Waals surface area contributed by atoms with E-state index >= 15 is 0 Å². The first-order valence-corrected chi connectivity index (χ1v) is 9.43. The fourth-order valence-electron chi connectivity index (χ4n) is 2.82. The summed E-state index contributed by atoms with van der Waals surface area (Å²) in [6.07, 6.45) is 1.73. The van der Waals surface area contributed by atoms with E-state index in [2.05, 4.69) is 6.07 Å². The highest BCUT2D eigenvalue weighted by atomic mass is 35.5. The fourth-order valence-corrected chi connectivity index (χ4v) is 3.06. The molecular weight excluding hydrogens is 405 g/mol. The number of halogens is 2. The molecule has 0 aromatic heterocycles. The number of benzene rings is 3. The topological polar surface area (TPSA) is 51.5 Å². The van der Waals surface area contributed by atoms with Crippen LogP contribution in [0.1, 0.15) is 16.7 Å². The molecule has 0 unspecified atom stereocenters. The summed E-state index contributed by atoms with van der Waals surface area (Å²) in [5, 5.41) is 10.0. The van der Waals surface area contributed by atoms with E-state index in [-0.39, 0.29) is 12.4 Å². The Hall–Kier alpha value is -3.49. The average molecular weight is 424 g/mol. The maximum atomic E-state index is 13.0. The molecule has 0 fully saturated rings. The van der Waals surface area contributed by atoms with Gasteiger partial charge in [-0.2, -0.15) is 5.26 Å². The predicted octanol–water partition coefficient (Wildman–Crippen LogP) is 6.14. The second-order valence-electron chi connectivity index (χ2n) is 6.34. The van der Waals surface area contributed by atoms with Gasteiger partial charge in [-0.3, -0.25) is 0 Å². The van der Waals surface area contributed by atoms with Crippen molar-refractivity contribution in [1.29, 1.82) is 5.26 Å². The number of hydrogen-bond donors (Lipinski definition) is 0. The Kier molecular flexibility index (Phi) is 6.95. The number of nitrogens with zero attached hydrogens (tertiary/aromatic N) is 1. The summed E-state index contributed by atoms with van der Waals surface area (Å²) in [4.78, 5) is 0. The van der Waals surface area contributed by atoms with Crippen molar-refractivity contribution in [2.45, 2.75) is 6.61 Å². The maximum absolute atomic E-state index is 13.0. The molecule has 3 aromatic carbocycles. The van der Waals surface area contributed by atoms with Crippen LogP contribution in [0, 0.1) is 17.1 Å². The summed E-state index contributed by atoms with van der Waals surface area (Å²) < 4.78 is 29.3. The highest BCUT2D eigenvalue weighted by Crippen LogP contribution is 2.32. The number of allylic oxidation sites excluding steroid dienone is 1. The van der Waals surface area contributed by atoms with Gasteiger partial charge in [0, 0.05) is 0 Å². The third kappa shape index (κ3) is 5.11. The minimum Gasteiger partial charge on any atom is -0.493 e. The molecule has 3 rings (SSSR count). The summed E-state index contributed by atoms with van der Waals surface area (Å²) in [5.74, 6) is 1.33. The van der Waals surface area contributed by atoms with Crippen LogP contribution in [-0.2, 0) is 6.61 Å². The zero-order chi connectivity index (χ0) is 21.5. The Bertz CT molecular complexity index is 1100.